The summed E-state index contributed by atoms with van der Waals surface area (Å²) in [6.07, 6.45) is 2.05. The predicted octanol–water partition coefficient (Wildman–Crippen LogP) is 2.32. The van der Waals surface area contributed by atoms with Crippen LogP contribution in [0.4, 0.5) is 0 Å². The highest BCUT2D eigenvalue weighted by atomic mass is 16.2. The molecule has 0 saturated carbocycles. The Hall–Kier alpha value is -1.35. The molecule has 1 aromatic rings. The van der Waals surface area contributed by atoms with Gasteiger partial charge in [-0.05, 0) is 43.5 Å². The fraction of sp³-hybridized carbons (Fsp3) is 0.562. The number of hydrogen-bond donors (Lipinski definition) is 1. The van der Waals surface area contributed by atoms with Crippen molar-refractivity contribution in [3.63, 3.8) is 0 Å². The third kappa shape index (κ3) is 3.16. The number of amides is 1. The van der Waals surface area contributed by atoms with Crippen LogP contribution in [0.3, 0.4) is 0 Å². The summed E-state index contributed by atoms with van der Waals surface area (Å²) in [7, 11) is 2.00. The monoisotopic (exact) mass is 260 g/mol. The maximum atomic E-state index is 12.4. The van der Waals surface area contributed by atoms with E-state index in [9.17, 15) is 4.79 Å². The van der Waals surface area contributed by atoms with Crippen LogP contribution >= 0.6 is 0 Å². The molecule has 3 nitrogen and oxygen atoms in total. The number of nitrogens with zero attached hydrogens (tertiary/aromatic N) is 1. The average Bonchev–Trinajstić information content (AvgIpc) is 2.46. The molecule has 1 N–H and O–H groups in total. The molecule has 1 heterocycles. The summed E-state index contributed by atoms with van der Waals surface area (Å²) < 4.78 is 0. The highest BCUT2D eigenvalue weighted by Gasteiger charge is 2.27. The van der Waals surface area contributed by atoms with Gasteiger partial charge in [-0.1, -0.05) is 26.0 Å². The molecule has 2 unspecified atom stereocenters. The highest BCUT2D eigenvalue weighted by Crippen LogP contribution is 2.19. The Morgan fingerprint density at radius 1 is 1.37 bits per heavy atom. The van der Waals surface area contributed by atoms with Crippen LogP contribution in [0.25, 0.3) is 0 Å². The summed E-state index contributed by atoms with van der Waals surface area (Å²) >= 11 is 0. The summed E-state index contributed by atoms with van der Waals surface area (Å²) in [6, 6.07) is 8.55. The van der Waals surface area contributed by atoms with Crippen LogP contribution in [0, 0.1) is 5.92 Å². The van der Waals surface area contributed by atoms with E-state index in [1.807, 2.05) is 24.1 Å². The zero-order chi connectivity index (χ0) is 13.8. The maximum Gasteiger partial charge on any atom is 0.253 e. The van der Waals surface area contributed by atoms with Gasteiger partial charge in [0.05, 0.1) is 0 Å². The number of likely N-dealkylation sites (tertiary alicyclic amines) is 1. The molecule has 0 aromatic heterocycles. The van der Waals surface area contributed by atoms with E-state index >= 15 is 0 Å². The molecule has 1 aliphatic heterocycles. The molecule has 2 atom stereocenters. The molecule has 3 heteroatoms. The Kier molecular flexibility index (Phi) is 4.59. The lowest BCUT2D eigenvalue weighted by Crippen LogP contribution is -2.49. The molecular weight excluding hydrogens is 236 g/mol. The molecule has 1 saturated heterocycles. The van der Waals surface area contributed by atoms with Gasteiger partial charge in [-0.15, -0.1) is 0 Å². The van der Waals surface area contributed by atoms with Crippen molar-refractivity contribution in [2.24, 2.45) is 5.92 Å². The number of benzene rings is 1. The molecule has 104 valence electrons. The minimum Gasteiger partial charge on any atom is -0.338 e. The van der Waals surface area contributed by atoms with E-state index in [1.54, 1.807) is 0 Å². The molecule has 2 rings (SSSR count). The molecule has 0 bridgehead atoms. The second kappa shape index (κ2) is 6.20. The van der Waals surface area contributed by atoms with Crippen molar-refractivity contribution in [3.8, 4) is 0 Å². The van der Waals surface area contributed by atoms with Gasteiger partial charge in [0.2, 0.25) is 0 Å². The van der Waals surface area contributed by atoms with E-state index in [2.05, 4.69) is 31.3 Å². The summed E-state index contributed by atoms with van der Waals surface area (Å²) in [5.41, 5.74) is 2.09. The normalized spacial score (nSPS) is 23.4. The first kappa shape index (κ1) is 14.1. The number of nitrogens with one attached hydrogen (secondary N) is 1. The molecule has 0 aliphatic carbocycles. The largest absolute Gasteiger partial charge is 0.338 e. The van der Waals surface area contributed by atoms with E-state index in [1.165, 1.54) is 5.56 Å². The van der Waals surface area contributed by atoms with E-state index in [0.29, 0.717) is 12.0 Å². The minimum absolute atomic E-state index is 0.170. The van der Waals surface area contributed by atoms with Gasteiger partial charge in [0.1, 0.15) is 0 Å². The second-order valence-electron chi connectivity index (χ2n) is 5.46. The van der Waals surface area contributed by atoms with Gasteiger partial charge < -0.3 is 10.2 Å². The first-order valence-electron chi connectivity index (χ1n) is 7.21. The predicted molar refractivity (Wildman–Crippen MR) is 78.4 cm³/mol. The smallest absolute Gasteiger partial charge is 0.253 e. The SMILES string of the molecule is CCc1ccc(C(=O)N2CCC(NC)C(C)C2)cc1. The second-order valence-corrected chi connectivity index (χ2v) is 5.46. The van der Waals surface area contributed by atoms with Gasteiger partial charge in [-0.3, -0.25) is 4.79 Å². The number of rotatable bonds is 3. The maximum absolute atomic E-state index is 12.4. The van der Waals surface area contributed by atoms with Crippen LogP contribution in [0.2, 0.25) is 0 Å². The van der Waals surface area contributed by atoms with Gasteiger partial charge >= 0.3 is 0 Å². The van der Waals surface area contributed by atoms with Crippen molar-refractivity contribution >= 4 is 5.91 Å². The lowest BCUT2D eigenvalue weighted by Gasteiger charge is -2.36. The van der Waals surface area contributed by atoms with Crippen LogP contribution in [-0.4, -0.2) is 37.0 Å². The van der Waals surface area contributed by atoms with Gasteiger partial charge in [0.15, 0.2) is 0 Å². The Bertz CT molecular complexity index is 427. The van der Waals surface area contributed by atoms with Crippen molar-refractivity contribution in [2.45, 2.75) is 32.7 Å². The minimum atomic E-state index is 0.170. The van der Waals surface area contributed by atoms with Crippen LogP contribution in [-0.2, 0) is 6.42 Å². The summed E-state index contributed by atoms with van der Waals surface area (Å²) in [5.74, 6) is 0.682. The lowest BCUT2D eigenvalue weighted by atomic mass is 9.93. The quantitative estimate of drug-likeness (QED) is 0.904. The number of carbonyl (C=O) groups excluding carboxylic acids is 1. The third-order valence-electron chi connectivity index (χ3n) is 4.17. The van der Waals surface area contributed by atoms with Gasteiger partial charge in [-0.2, -0.15) is 0 Å². The van der Waals surface area contributed by atoms with Gasteiger partial charge in [0, 0.05) is 24.7 Å². The first-order chi connectivity index (χ1) is 9.15. The standard InChI is InChI=1S/C16H24N2O/c1-4-13-5-7-14(8-6-13)16(19)18-10-9-15(17-3)12(2)11-18/h5-8,12,15,17H,4,9-11H2,1-3H3. The Morgan fingerprint density at radius 3 is 2.58 bits per heavy atom. The molecule has 1 aromatic carbocycles. The summed E-state index contributed by atoms with van der Waals surface area (Å²) in [6.45, 7) is 6.03. The number of piperidine rings is 1. The van der Waals surface area contributed by atoms with E-state index in [4.69, 9.17) is 0 Å². The van der Waals surface area contributed by atoms with E-state index < -0.39 is 0 Å². The molecular formula is C16H24N2O. The molecule has 1 aliphatic rings. The van der Waals surface area contributed by atoms with Crippen LogP contribution in [0.5, 0.6) is 0 Å². The van der Waals surface area contributed by atoms with E-state index in [0.717, 1.165) is 31.5 Å². The fourth-order valence-electron chi connectivity index (χ4n) is 2.82. The number of aryl methyl sites for hydroxylation is 1. The first-order valence-corrected chi connectivity index (χ1v) is 7.21. The topological polar surface area (TPSA) is 32.3 Å². The molecule has 19 heavy (non-hydrogen) atoms. The fourth-order valence-corrected chi connectivity index (χ4v) is 2.82. The van der Waals surface area contributed by atoms with Crippen molar-refractivity contribution in [2.75, 3.05) is 20.1 Å². The molecule has 0 spiro atoms. The average molecular weight is 260 g/mol. The summed E-state index contributed by atoms with van der Waals surface area (Å²) in [4.78, 5) is 14.4. The molecule has 1 fully saturated rings. The Balaban J connectivity index is 2.03. The van der Waals surface area contributed by atoms with Gasteiger partial charge in [0.25, 0.3) is 5.91 Å². The lowest BCUT2D eigenvalue weighted by molar-refractivity contribution is 0.0649. The number of carbonyl (C=O) groups is 1. The van der Waals surface area contributed by atoms with Crippen LogP contribution in [0.15, 0.2) is 24.3 Å². The Morgan fingerprint density at radius 2 is 2.05 bits per heavy atom. The molecule has 0 radical (unpaired) electrons. The zero-order valence-corrected chi connectivity index (χ0v) is 12.1. The summed E-state index contributed by atoms with van der Waals surface area (Å²) in [5, 5.41) is 3.33. The van der Waals surface area contributed by atoms with Crippen LogP contribution < -0.4 is 5.32 Å². The molecule has 1 amide bonds. The van der Waals surface area contributed by atoms with E-state index in [-0.39, 0.29) is 5.91 Å². The Labute approximate surface area is 116 Å². The third-order valence-corrected chi connectivity index (χ3v) is 4.17. The number of hydrogen-bond acceptors (Lipinski definition) is 2. The van der Waals surface area contributed by atoms with Crippen molar-refractivity contribution in [3.05, 3.63) is 35.4 Å². The van der Waals surface area contributed by atoms with Crippen LogP contribution in [0.1, 0.15) is 36.2 Å². The van der Waals surface area contributed by atoms with Crippen molar-refractivity contribution in [1.29, 1.82) is 0 Å². The van der Waals surface area contributed by atoms with Gasteiger partial charge in [-0.25, -0.2) is 0 Å². The zero-order valence-electron chi connectivity index (χ0n) is 12.1. The van der Waals surface area contributed by atoms with Crippen molar-refractivity contribution in [1.82, 2.24) is 10.2 Å². The highest BCUT2D eigenvalue weighted by molar-refractivity contribution is 5.94. The van der Waals surface area contributed by atoms with Crippen molar-refractivity contribution < 1.29 is 4.79 Å².